The molecule has 1 aromatic carbocycles. The van der Waals surface area contributed by atoms with Crippen LogP contribution in [0.3, 0.4) is 0 Å². The molecular formula is C15H17FN2OS. The van der Waals surface area contributed by atoms with E-state index in [1.54, 1.807) is 23.5 Å². The predicted molar refractivity (Wildman–Crippen MR) is 79.1 cm³/mol. The number of aliphatic hydroxyl groups excluding tert-OH is 1. The van der Waals surface area contributed by atoms with Crippen molar-refractivity contribution < 1.29 is 9.50 Å². The molecule has 3 nitrogen and oxygen atoms in total. The molecule has 0 aliphatic heterocycles. The van der Waals surface area contributed by atoms with E-state index in [4.69, 9.17) is 0 Å². The molecule has 0 saturated carbocycles. The first kappa shape index (κ1) is 13.5. The fourth-order valence-corrected chi connectivity index (χ4v) is 3.77. The second-order valence-corrected chi connectivity index (χ2v) is 5.95. The average molecular weight is 292 g/mol. The number of hydrogen-bond donors (Lipinski definition) is 1. The van der Waals surface area contributed by atoms with Gasteiger partial charge < -0.3 is 10.0 Å². The van der Waals surface area contributed by atoms with Gasteiger partial charge in [-0.05, 0) is 50.5 Å². The van der Waals surface area contributed by atoms with Crippen LogP contribution in [0.5, 0.6) is 0 Å². The monoisotopic (exact) mass is 292 g/mol. The Labute approximate surface area is 121 Å². The smallest absolute Gasteiger partial charge is 0.190 e. The van der Waals surface area contributed by atoms with Crippen molar-refractivity contribution in [1.29, 1.82) is 0 Å². The van der Waals surface area contributed by atoms with Gasteiger partial charge in [0.15, 0.2) is 5.13 Å². The number of anilines is 2. The molecule has 0 amide bonds. The molecule has 20 heavy (non-hydrogen) atoms. The SMILES string of the molecule is CCN(c1ccc(F)cc1)c1nc2c(s1)C(O)CCC2. The van der Waals surface area contributed by atoms with E-state index in [1.807, 2.05) is 6.92 Å². The summed E-state index contributed by atoms with van der Waals surface area (Å²) in [4.78, 5) is 7.71. The number of thiazole rings is 1. The van der Waals surface area contributed by atoms with Gasteiger partial charge in [0, 0.05) is 12.2 Å². The summed E-state index contributed by atoms with van der Waals surface area (Å²) in [5.41, 5.74) is 1.94. The van der Waals surface area contributed by atoms with Gasteiger partial charge in [0.2, 0.25) is 0 Å². The molecule has 5 heteroatoms. The van der Waals surface area contributed by atoms with Crippen molar-refractivity contribution in [2.24, 2.45) is 0 Å². The fraction of sp³-hybridized carbons (Fsp3) is 0.400. The second-order valence-electron chi connectivity index (χ2n) is 4.94. The minimum atomic E-state index is -0.378. The number of aryl methyl sites for hydroxylation is 1. The zero-order valence-electron chi connectivity index (χ0n) is 11.3. The van der Waals surface area contributed by atoms with Crippen LogP contribution in [0.1, 0.15) is 36.4 Å². The lowest BCUT2D eigenvalue weighted by Crippen LogP contribution is -2.15. The molecule has 1 aliphatic rings. The third kappa shape index (κ3) is 2.43. The number of hydrogen-bond acceptors (Lipinski definition) is 4. The minimum absolute atomic E-state index is 0.237. The first-order valence-electron chi connectivity index (χ1n) is 6.90. The highest BCUT2D eigenvalue weighted by Crippen LogP contribution is 2.39. The number of nitrogens with zero attached hydrogens (tertiary/aromatic N) is 2. The molecule has 2 aromatic rings. The van der Waals surface area contributed by atoms with Gasteiger partial charge in [-0.25, -0.2) is 9.37 Å². The van der Waals surface area contributed by atoms with Crippen LogP contribution in [0, 0.1) is 5.82 Å². The number of halogens is 1. The topological polar surface area (TPSA) is 36.4 Å². The van der Waals surface area contributed by atoms with E-state index in [-0.39, 0.29) is 11.9 Å². The van der Waals surface area contributed by atoms with Gasteiger partial charge >= 0.3 is 0 Å². The number of aromatic nitrogens is 1. The van der Waals surface area contributed by atoms with Crippen LogP contribution in [-0.4, -0.2) is 16.6 Å². The Morgan fingerprint density at radius 2 is 2.15 bits per heavy atom. The van der Waals surface area contributed by atoms with Crippen molar-refractivity contribution in [1.82, 2.24) is 4.98 Å². The third-order valence-corrected chi connectivity index (χ3v) is 4.82. The van der Waals surface area contributed by atoms with Gasteiger partial charge in [0.25, 0.3) is 0 Å². The van der Waals surface area contributed by atoms with Gasteiger partial charge in [-0.3, -0.25) is 0 Å². The second kappa shape index (κ2) is 5.50. The lowest BCUT2D eigenvalue weighted by molar-refractivity contribution is 0.160. The van der Waals surface area contributed by atoms with Crippen molar-refractivity contribution in [3.63, 3.8) is 0 Å². The quantitative estimate of drug-likeness (QED) is 0.934. The van der Waals surface area contributed by atoms with Gasteiger partial charge in [-0.2, -0.15) is 0 Å². The van der Waals surface area contributed by atoms with E-state index in [0.717, 1.165) is 47.2 Å². The Balaban J connectivity index is 1.95. The summed E-state index contributed by atoms with van der Waals surface area (Å²) in [6.45, 7) is 2.80. The Kier molecular flexibility index (Phi) is 3.72. The van der Waals surface area contributed by atoms with E-state index >= 15 is 0 Å². The van der Waals surface area contributed by atoms with Crippen LogP contribution in [-0.2, 0) is 6.42 Å². The molecule has 1 heterocycles. The Morgan fingerprint density at radius 1 is 1.40 bits per heavy atom. The van der Waals surface area contributed by atoms with Crippen molar-refractivity contribution in [3.05, 3.63) is 40.7 Å². The van der Waals surface area contributed by atoms with Crippen molar-refractivity contribution >= 4 is 22.2 Å². The summed E-state index contributed by atoms with van der Waals surface area (Å²) in [6.07, 6.45) is 2.36. The van der Waals surface area contributed by atoms with E-state index < -0.39 is 0 Å². The van der Waals surface area contributed by atoms with E-state index in [9.17, 15) is 9.50 Å². The fourth-order valence-electron chi connectivity index (χ4n) is 2.55. The number of benzene rings is 1. The minimum Gasteiger partial charge on any atom is -0.388 e. The van der Waals surface area contributed by atoms with Gasteiger partial charge in [-0.15, -0.1) is 0 Å². The Bertz CT molecular complexity index is 596. The zero-order valence-corrected chi connectivity index (χ0v) is 12.2. The number of aliphatic hydroxyl groups is 1. The molecule has 1 N–H and O–H groups in total. The zero-order chi connectivity index (χ0) is 14.1. The van der Waals surface area contributed by atoms with Crippen LogP contribution in [0.2, 0.25) is 0 Å². The summed E-state index contributed by atoms with van der Waals surface area (Å²) in [7, 11) is 0. The van der Waals surface area contributed by atoms with Crippen LogP contribution in [0.25, 0.3) is 0 Å². The van der Waals surface area contributed by atoms with E-state index in [0.29, 0.717) is 0 Å². The Hall–Kier alpha value is -1.46. The maximum absolute atomic E-state index is 13.0. The van der Waals surface area contributed by atoms with Crippen LogP contribution >= 0.6 is 11.3 Å². The lowest BCUT2D eigenvalue weighted by Gasteiger charge is -2.19. The summed E-state index contributed by atoms with van der Waals surface area (Å²) in [5, 5.41) is 10.9. The number of fused-ring (bicyclic) bond motifs is 1. The standard InChI is InChI=1S/C15H17FN2OS/c1-2-18(11-8-6-10(16)7-9-11)15-17-12-4-3-5-13(19)14(12)20-15/h6-9,13,19H,2-5H2,1H3. The molecule has 0 bridgehead atoms. The molecular weight excluding hydrogens is 275 g/mol. The molecule has 1 unspecified atom stereocenters. The normalized spacial score (nSPS) is 17.9. The van der Waals surface area contributed by atoms with Gasteiger partial charge in [0.1, 0.15) is 5.82 Å². The highest BCUT2D eigenvalue weighted by molar-refractivity contribution is 7.15. The van der Waals surface area contributed by atoms with Crippen molar-refractivity contribution in [2.75, 3.05) is 11.4 Å². The molecule has 1 atom stereocenters. The van der Waals surface area contributed by atoms with Gasteiger partial charge in [-0.1, -0.05) is 11.3 Å². The highest BCUT2D eigenvalue weighted by Gasteiger charge is 2.24. The summed E-state index contributed by atoms with van der Waals surface area (Å²) < 4.78 is 13.0. The molecule has 0 radical (unpaired) electrons. The van der Waals surface area contributed by atoms with E-state index in [2.05, 4.69) is 9.88 Å². The molecule has 0 spiro atoms. The average Bonchev–Trinajstić information content (AvgIpc) is 2.87. The van der Waals surface area contributed by atoms with E-state index in [1.165, 1.54) is 12.1 Å². The third-order valence-electron chi connectivity index (χ3n) is 3.60. The molecule has 0 fully saturated rings. The lowest BCUT2D eigenvalue weighted by atomic mass is 10.0. The molecule has 1 aromatic heterocycles. The molecule has 1 aliphatic carbocycles. The summed E-state index contributed by atoms with van der Waals surface area (Å²) >= 11 is 1.55. The Morgan fingerprint density at radius 3 is 2.80 bits per heavy atom. The molecule has 3 rings (SSSR count). The molecule has 106 valence electrons. The first-order valence-corrected chi connectivity index (χ1v) is 7.71. The summed E-state index contributed by atoms with van der Waals surface area (Å²) in [5.74, 6) is -0.237. The van der Waals surface area contributed by atoms with Crippen molar-refractivity contribution in [2.45, 2.75) is 32.3 Å². The predicted octanol–water partition coefficient (Wildman–Crippen LogP) is 3.81. The number of rotatable bonds is 3. The first-order chi connectivity index (χ1) is 9.69. The maximum Gasteiger partial charge on any atom is 0.190 e. The van der Waals surface area contributed by atoms with Gasteiger partial charge in [0.05, 0.1) is 16.7 Å². The largest absolute Gasteiger partial charge is 0.388 e. The van der Waals surface area contributed by atoms with Crippen molar-refractivity contribution in [3.8, 4) is 0 Å². The van der Waals surface area contributed by atoms with Crippen LogP contribution in [0.15, 0.2) is 24.3 Å². The maximum atomic E-state index is 13.0. The molecule has 0 saturated heterocycles. The van der Waals surface area contributed by atoms with Crippen LogP contribution < -0.4 is 4.90 Å². The summed E-state index contributed by atoms with van der Waals surface area (Å²) in [6, 6.07) is 6.44. The highest BCUT2D eigenvalue weighted by atomic mass is 32.1. The van der Waals surface area contributed by atoms with Crippen LogP contribution in [0.4, 0.5) is 15.2 Å².